The third-order valence-electron chi connectivity index (χ3n) is 8.47. The van der Waals surface area contributed by atoms with E-state index in [0.717, 1.165) is 112 Å². The number of rotatable bonds is 15. The molecule has 4 aliphatic heterocycles. The van der Waals surface area contributed by atoms with Crippen LogP contribution in [0.25, 0.3) is 0 Å². The second-order valence-electron chi connectivity index (χ2n) is 12.1. The van der Waals surface area contributed by atoms with E-state index in [1.54, 1.807) is 23.5 Å². The number of morpholine rings is 2. The zero-order valence-corrected chi connectivity index (χ0v) is 35.4. The van der Waals surface area contributed by atoms with Gasteiger partial charge in [0.05, 0.1) is 26.4 Å². The molecular weight excluding hydrogens is 789 g/mol. The van der Waals surface area contributed by atoms with Gasteiger partial charge in [0, 0.05) is 125 Å². The lowest BCUT2D eigenvalue weighted by Gasteiger charge is -2.34. The van der Waals surface area contributed by atoms with Gasteiger partial charge in [0.15, 0.2) is 0 Å². The Hall–Kier alpha value is 0.140. The third kappa shape index (κ3) is 15.5. The van der Waals surface area contributed by atoms with Crippen LogP contribution in [0.2, 0.25) is 0 Å². The molecule has 0 aromatic carbocycles. The summed E-state index contributed by atoms with van der Waals surface area (Å²) < 4.78 is 12.9. The molecule has 4 rings (SSSR count). The summed E-state index contributed by atoms with van der Waals surface area (Å²) in [4.78, 5) is 39.7. The quantitative estimate of drug-likeness (QED) is 0.125. The van der Waals surface area contributed by atoms with Gasteiger partial charge in [-0.15, -0.1) is 13.2 Å². The van der Waals surface area contributed by atoms with E-state index in [1.165, 1.54) is 23.5 Å². The van der Waals surface area contributed by atoms with Gasteiger partial charge < -0.3 is 29.1 Å². The van der Waals surface area contributed by atoms with E-state index in [-0.39, 0.29) is 21.0 Å². The van der Waals surface area contributed by atoms with Gasteiger partial charge in [0.1, 0.15) is 8.64 Å². The molecule has 0 radical (unpaired) electrons. The van der Waals surface area contributed by atoms with E-state index >= 15 is 0 Å². The van der Waals surface area contributed by atoms with Crippen molar-refractivity contribution < 1.29 is 19.1 Å². The maximum atomic E-state index is 13.3. The zero-order chi connectivity index (χ0) is 35.6. The molecule has 0 bridgehead atoms. The molecule has 4 aliphatic rings. The minimum absolute atomic E-state index is 0.150. The van der Waals surface area contributed by atoms with Gasteiger partial charge in [-0.05, 0) is 0 Å². The van der Waals surface area contributed by atoms with Crippen molar-refractivity contribution in [1.29, 1.82) is 0 Å². The molecule has 4 fully saturated rings. The highest BCUT2D eigenvalue weighted by molar-refractivity contribution is 8.77. The normalized spacial score (nSPS) is 20.7. The molecular formula is C32H52N6O4S8. The van der Waals surface area contributed by atoms with Crippen molar-refractivity contribution in [3.63, 3.8) is 0 Å². The van der Waals surface area contributed by atoms with Crippen molar-refractivity contribution >= 4 is 112 Å². The molecule has 282 valence electrons. The minimum atomic E-state index is 0.150. The topological polar surface area (TPSA) is 72.0 Å². The fourth-order valence-electron chi connectivity index (χ4n) is 5.47. The van der Waals surface area contributed by atoms with Crippen LogP contribution in [-0.2, 0) is 9.47 Å². The van der Waals surface area contributed by atoms with Gasteiger partial charge in [-0.1, -0.05) is 105 Å². The van der Waals surface area contributed by atoms with Crippen molar-refractivity contribution in [2.45, 2.75) is 10.5 Å². The van der Waals surface area contributed by atoms with Crippen LogP contribution in [0.1, 0.15) is 0 Å². The lowest BCUT2D eigenvalue weighted by atomic mass is 10.3. The Balaban J connectivity index is 1.34. The highest BCUT2D eigenvalue weighted by Crippen LogP contribution is 2.38. The Bertz CT molecular complexity index is 1020. The van der Waals surface area contributed by atoms with Crippen LogP contribution in [0.15, 0.2) is 25.3 Å². The number of ether oxygens (including phenoxy) is 2. The fraction of sp³-hybridized carbons (Fsp3) is 0.750. The van der Waals surface area contributed by atoms with Crippen LogP contribution >= 0.6 is 93.1 Å². The van der Waals surface area contributed by atoms with Crippen LogP contribution in [0.5, 0.6) is 0 Å². The van der Waals surface area contributed by atoms with E-state index < -0.39 is 0 Å². The summed E-state index contributed by atoms with van der Waals surface area (Å²) in [6.45, 7) is 22.0. The standard InChI is InChI=1S/C32H52N6O4S8/c1-3-5-33-7-11-35(12-8-33)29(39)45-23-27(25-47-31(43)37-15-19-41-20-16-37)49-50-28(26-48-32(44)38-17-21-42-22-18-38)24-46-30(40)36-13-9-34(6-4-2)10-14-36/h3-4,27-28H,1-2,5-26H2. The fourth-order valence-corrected chi connectivity index (χ4v) is 14.7. The molecule has 2 amide bonds. The largest absolute Gasteiger partial charge is 0.378 e. The van der Waals surface area contributed by atoms with Gasteiger partial charge in [-0.2, -0.15) is 0 Å². The smallest absolute Gasteiger partial charge is 0.281 e. The molecule has 2 unspecified atom stereocenters. The van der Waals surface area contributed by atoms with Crippen molar-refractivity contribution in [3.8, 4) is 0 Å². The van der Waals surface area contributed by atoms with Crippen LogP contribution in [0.4, 0.5) is 9.59 Å². The Labute approximate surface area is 335 Å². The average molecular weight is 841 g/mol. The number of carbonyl (C=O) groups excluding carboxylic acids is 2. The Morgan fingerprint density at radius 1 is 0.540 bits per heavy atom. The molecule has 50 heavy (non-hydrogen) atoms. The van der Waals surface area contributed by atoms with Gasteiger partial charge in [0.25, 0.3) is 10.5 Å². The van der Waals surface area contributed by atoms with Gasteiger partial charge in [0.2, 0.25) is 0 Å². The van der Waals surface area contributed by atoms with E-state index in [9.17, 15) is 9.59 Å². The molecule has 0 aliphatic carbocycles. The first kappa shape index (κ1) is 42.9. The monoisotopic (exact) mass is 840 g/mol. The number of thiocarbonyl (C=S) groups is 2. The summed E-state index contributed by atoms with van der Waals surface area (Å²) in [5.74, 6) is 3.03. The van der Waals surface area contributed by atoms with E-state index in [0.29, 0.717) is 37.9 Å². The predicted octanol–water partition coefficient (Wildman–Crippen LogP) is 5.12. The molecule has 0 saturated carbocycles. The number of hydrogen-bond donors (Lipinski definition) is 0. The molecule has 18 heteroatoms. The number of amides is 2. The first-order valence-electron chi connectivity index (χ1n) is 17.2. The minimum Gasteiger partial charge on any atom is -0.378 e. The van der Waals surface area contributed by atoms with Crippen molar-refractivity contribution in [2.24, 2.45) is 0 Å². The van der Waals surface area contributed by atoms with Gasteiger partial charge >= 0.3 is 0 Å². The Morgan fingerprint density at radius 2 is 0.880 bits per heavy atom. The van der Waals surface area contributed by atoms with Crippen LogP contribution in [-0.4, -0.2) is 200 Å². The summed E-state index contributed by atoms with van der Waals surface area (Å²) in [6, 6.07) is 0. The molecule has 4 heterocycles. The lowest BCUT2D eigenvalue weighted by molar-refractivity contribution is 0.0702. The van der Waals surface area contributed by atoms with E-state index in [4.69, 9.17) is 33.9 Å². The van der Waals surface area contributed by atoms with Gasteiger partial charge in [-0.3, -0.25) is 19.4 Å². The SMILES string of the molecule is C=CCN1CCN(C(=O)SCC(CSC(=S)N2CCOCC2)SSC(CSC(=O)N2CCN(CC=C)CC2)CSC(=S)N2CCOCC2)CC1. The van der Waals surface area contributed by atoms with Crippen LogP contribution in [0, 0.1) is 0 Å². The molecule has 0 aromatic heterocycles. The summed E-state index contributed by atoms with van der Waals surface area (Å²) in [5, 5.41) is 0.684. The predicted molar refractivity (Wildman–Crippen MR) is 230 cm³/mol. The van der Waals surface area contributed by atoms with E-state index in [2.05, 4.69) is 32.8 Å². The first-order valence-corrected chi connectivity index (χ1v) is 24.2. The van der Waals surface area contributed by atoms with Crippen molar-refractivity contribution in [3.05, 3.63) is 25.3 Å². The first-order chi connectivity index (χ1) is 24.4. The third-order valence-corrected chi connectivity index (χ3v) is 18.1. The second kappa shape index (κ2) is 24.5. The maximum absolute atomic E-state index is 13.3. The van der Waals surface area contributed by atoms with Gasteiger partial charge in [-0.25, -0.2) is 0 Å². The number of thioether (sulfide) groups is 4. The highest BCUT2D eigenvalue weighted by Gasteiger charge is 2.27. The number of hydrogen-bond acceptors (Lipinski definition) is 14. The number of piperazine rings is 2. The number of carbonyl (C=O) groups is 2. The molecule has 2 atom stereocenters. The van der Waals surface area contributed by atoms with E-state index in [1.807, 2.05) is 43.5 Å². The van der Waals surface area contributed by atoms with Crippen LogP contribution < -0.4 is 0 Å². The lowest BCUT2D eigenvalue weighted by Crippen LogP contribution is -2.47. The molecule has 0 N–H and O–H groups in total. The highest BCUT2D eigenvalue weighted by atomic mass is 33.1. The number of nitrogens with zero attached hydrogens (tertiary/aromatic N) is 6. The summed E-state index contributed by atoms with van der Waals surface area (Å²) >= 11 is 17.9. The Kier molecular flexibility index (Phi) is 21.0. The second-order valence-corrected chi connectivity index (χ2v) is 20.2. The summed E-state index contributed by atoms with van der Waals surface area (Å²) in [7, 11) is 3.66. The maximum Gasteiger partial charge on any atom is 0.281 e. The summed E-state index contributed by atoms with van der Waals surface area (Å²) in [6.07, 6.45) is 3.85. The van der Waals surface area contributed by atoms with Crippen molar-refractivity contribution in [2.75, 3.05) is 141 Å². The van der Waals surface area contributed by atoms with Crippen molar-refractivity contribution in [1.82, 2.24) is 29.4 Å². The molecule has 10 nitrogen and oxygen atoms in total. The van der Waals surface area contributed by atoms with Crippen LogP contribution in [0.3, 0.4) is 0 Å². The zero-order valence-electron chi connectivity index (χ0n) is 28.9. The molecule has 0 spiro atoms. The Morgan fingerprint density at radius 3 is 1.22 bits per heavy atom. The molecule has 4 saturated heterocycles. The molecule has 0 aromatic rings. The summed E-state index contributed by atoms with van der Waals surface area (Å²) in [5.41, 5.74) is 0. The average Bonchev–Trinajstić information content (AvgIpc) is 3.16.